The van der Waals surface area contributed by atoms with Gasteiger partial charge in [0.1, 0.15) is 19.0 Å². The average Bonchev–Trinajstić information content (AvgIpc) is 3.15. The van der Waals surface area contributed by atoms with Gasteiger partial charge in [-0.1, -0.05) is 36.8 Å². The van der Waals surface area contributed by atoms with Gasteiger partial charge in [-0.15, -0.1) is 0 Å². The lowest BCUT2D eigenvalue weighted by molar-refractivity contribution is -0.124. The van der Waals surface area contributed by atoms with E-state index in [4.69, 9.17) is 9.72 Å². The van der Waals surface area contributed by atoms with Crippen LogP contribution in [-0.2, 0) is 27.3 Å². The Morgan fingerprint density at radius 3 is 2.53 bits per heavy atom. The van der Waals surface area contributed by atoms with E-state index in [1.165, 1.54) is 7.11 Å². The minimum Gasteiger partial charge on any atom is -0.375 e. The summed E-state index contributed by atoms with van der Waals surface area (Å²) in [6.45, 7) is 3.59. The molecule has 0 aliphatic carbocycles. The van der Waals surface area contributed by atoms with Gasteiger partial charge in [0.15, 0.2) is 0 Å². The van der Waals surface area contributed by atoms with Crippen molar-refractivity contribution in [3.63, 3.8) is 0 Å². The summed E-state index contributed by atoms with van der Waals surface area (Å²) in [7, 11) is 1.51. The lowest BCUT2D eigenvalue weighted by Gasteiger charge is -2.22. The Morgan fingerprint density at radius 1 is 1.03 bits per heavy atom. The maximum atomic E-state index is 13.2. The summed E-state index contributed by atoms with van der Waals surface area (Å²) in [5, 5.41) is 2.84. The predicted molar refractivity (Wildman–Crippen MR) is 127 cm³/mol. The number of aromatic nitrogens is 2. The number of methoxy groups -OCH3 is 1. The van der Waals surface area contributed by atoms with Crippen molar-refractivity contribution < 1.29 is 14.3 Å². The maximum absolute atomic E-state index is 13.2. The standard InChI is InChI=1S/C25H32N4O3/c1-3-28(20-12-6-4-7-13-20)25(31)18-29-22-15-10-9-14-21(22)27-23(29)16-8-5-11-17-26-24(30)19-32-2/h4,6-7,9-10,12-15H,3,5,8,11,16-19H2,1-2H3,(H,26,30). The molecule has 0 aliphatic rings. The van der Waals surface area contributed by atoms with Crippen molar-refractivity contribution in [2.24, 2.45) is 0 Å². The highest BCUT2D eigenvalue weighted by molar-refractivity contribution is 5.94. The van der Waals surface area contributed by atoms with Crippen LogP contribution in [0.5, 0.6) is 0 Å². The van der Waals surface area contributed by atoms with Crippen LogP contribution in [0, 0.1) is 0 Å². The van der Waals surface area contributed by atoms with Crippen molar-refractivity contribution in [3.8, 4) is 0 Å². The van der Waals surface area contributed by atoms with Crippen LogP contribution in [0.4, 0.5) is 5.69 Å². The molecule has 1 N–H and O–H groups in total. The average molecular weight is 437 g/mol. The van der Waals surface area contributed by atoms with Gasteiger partial charge in [0.25, 0.3) is 0 Å². The van der Waals surface area contributed by atoms with Gasteiger partial charge in [-0.05, 0) is 44.0 Å². The zero-order chi connectivity index (χ0) is 22.8. The highest BCUT2D eigenvalue weighted by atomic mass is 16.5. The van der Waals surface area contributed by atoms with Gasteiger partial charge in [-0.3, -0.25) is 9.59 Å². The molecular weight excluding hydrogens is 404 g/mol. The molecule has 0 atom stereocenters. The third kappa shape index (κ3) is 6.17. The third-order valence-corrected chi connectivity index (χ3v) is 5.39. The second-order valence-corrected chi connectivity index (χ2v) is 7.67. The van der Waals surface area contributed by atoms with Crippen LogP contribution in [0.3, 0.4) is 0 Å². The second-order valence-electron chi connectivity index (χ2n) is 7.67. The molecule has 1 aromatic heterocycles. The number of rotatable bonds is 12. The van der Waals surface area contributed by atoms with Crippen LogP contribution in [0.15, 0.2) is 54.6 Å². The van der Waals surface area contributed by atoms with Gasteiger partial charge in [0.05, 0.1) is 11.0 Å². The van der Waals surface area contributed by atoms with E-state index in [1.54, 1.807) is 4.90 Å². The Bertz CT molecular complexity index is 1020. The lowest BCUT2D eigenvalue weighted by Crippen LogP contribution is -2.34. The Hall–Kier alpha value is -3.19. The molecule has 0 fully saturated rings. The first-order valence-corrected chi connectivity index (χ1v) is 11.2. The molecule has 7 nitrogen and oxygen atoms in total. The van der Waals surface area contributed by atoms with Crippen molar-refractivity contribution in [1.82, 2.24) is 14.9 Å². The summed E-state index contributed by atoms with van der Waals surface area (Å²) in [5.41, 5.74) is 2.79. The second kappa shape index (κ2) is 12.0. The summed E-state index contributed by atoms with van der Waals surface area (Å²) < 4.78 is 6.86. The van der Waals surface area contributed by atoms with E-state index in [9.17, 15) is 9.59 Å². The molecule has 2 aromatic carbocycles. The van der Waals surface area contributed by atoms with Gasteiger partial charge in [0, 0.05) is 32.3 Å². The van der Waals surface area contributed by atoms with E-state index >= 15 is 0 Å². The number of hydrogen-bond acceptors (Lipinski definition) is 4. The smallest absolute Gasteiger partial charge is 0.246 e. The monoisotopic (exact) mass is 436 g/mol. The van der Waals surface area contributed by atoms with Crippen molar-refractivity contribution in [2.75, 3.05) is 31.7 Å². The van der Waals surface area contributed by atoms with E-state index in [-0.39, 0.29) is 25.0 Å². The number of ether oxygens (including phenoxy) is 1. The van der Waals surface area contributed by atoms with Gasteiger partial charge in [-0.25, -0.2) is 4.98 Å². The molecule has 0 saturated carbocycles. The largest absolute Gasteiger partial charge is 0.375 e. The number of aryl methyl sites for hydroxylation is 1. The van der Waals surface area contributed by atoms with Crippen LogP contribution in [0.2, 0.25) is 0 Å². The molecule has 3 rings (SSSR count). The fraction of sp³-hybridized carbons (Fsp3) is 0.400. The summed E-state index contributed by atoms with van der Waals surface area (Å²) in [4.78, 5) is 31.2. The molecule has 7 heteroatoms. The molecule has 0 saturated heterocycles. The van der Waals surface area contributed by atoms with Gasteiger partial charge < -0.3 is 19.5 Å². The minimum atomic E-state index is -0.0910. The molecule has 0 bridgehead atoms. The topological polar surface area (TPSA) is 76.5 Å². The zero-order valence-electron chi connectivity index (χ0n) is 18.9. The quantitative estimate of drug-likeness (QED) is 0.441. The molecule has 170 valence electrons. The summed E-state index contributed by atoms with van der Waals surface area (Å²) in [6, 6.07) is 17.7. The molecule has 0 aliphatic heterocycles. The van der Waals surface area contributed by atoms with Crippen LogP contribution in [-0.4, -0.2) is 48.2 Å². The SMILES string of the molecule is CCN(C(=O)Cn1c(CCCCCNC(=O)COC)nc2ccccc21)c1ccccc1. The zero-order valence-corrected chi connectivity index (χ0v) is 18.9. The van der Waals surface area contributed by atoms with Crippen molar-refractivity contribution in [1.29, 1.82) is 0 Å². The van der Waals surface area contributed by atoms with Crippen molar-refractivity contribution in [3.05, 3.63) is 60.4 Å². The number of anilines is 1. The lowest BCUT2D eigenvalue weighted by atomic mass is 10.2. The number of likely N-dealkylation sites (N-methyl/N-ethyl adjacent to an activating group) is 1. The Morgan fingerprint density at radius 2 is 1.78 bits per heavy atom. The van der Waals surface area contributed by atoms with E-state index in [1.807, 2.05) is 66.1 Å². The van der Waals surface area contributed by atoms with Gasteiger partial charge in [-0.2, -0.15) is 0 Å². The maximum Gasteiger partial charge on any atom is 0.246 e. The molecule has 0 radical (unpaired) electrons. The summed E-state index contributed by atoms with van der Waals surface area (Å²) >= 11 is 0. The number of unbranched alkanes of at least 4 members (excludes halogenated alkanes) is 2. The number of nitrogens with one attached hydrogen (secondary N) is 1. The number of carbonyl (C=O) groups is 2. The molecular formula is C25H32N4O3. The van der Waals surface area contributed by atoms with Crippen LogP contribution in [0.1, 0.15) is 32.0 Å². The van der Waals surface area contributed by atoms with Crippen molar-refractivity contribution in [2.45, 2.75) is 39.2 Å². The summed E-state index contributed by atoms with van der Waals surface area (Å²) in [5.74, 6) is 0.878. The Labute approximate surface area is 189 Å². The molecule has 0 spiro atoms. The van der Waals surface area contributed by atoms with E-state index in [2.05, 4.69) is 5.32 Å². The number of fused-ring (bicyclic) bond motifs is 1. The fourth-order valence-corrected chi connectivity index (χ4v) is 3.82. The van der Waals surface area contributed by atoms with Gasteiger partial charge >= 0.3 is 0 Å². The third-order valence-electron chi connectivity index (χ3n) is 5.39. The van der Waals surface area contributed by atoms with E-state index < -0.39 is 0 Å². The molecule has 2 amide bonds. The molecule has 1 heterocycles. The predicted octanol–water partition coefficient (Wildman–Crippen LogP) is 3.56. The minimum absolute atomic E-state index is 0.0453. The Kier molecular flexibility index (Phi) is 8.80. The number of imidazole rings is 1. The number of nitrogens with zero attached hydrogens (tertiary/aromatic N) is 3. The highest BCUT2D eigenvalue weighted by Gasteiger charge is 2.18. The normalized spacial score (nSPS) is 10.9. The number of amides is 2. The summed E-state index contributed by atoms with van der Waals surface area (Å²) in [6.07, 6.45) is 3.58. The van der Waals surface area contributed by atoms with E-state index in [0.29, 0.717) is 13.1 Å². The number of hydrogen-bond donors (Lipinski definition) is 1. The van der Waals surface area contributed by atoms with Crippen LogP contribution in [0.25, 0.3) is 11.0 Å². The van der Waals surface area contributed by atoms with Crippen LogP contribution >= 0.6 is 0 Å². The van der Waals surface area contributed by atoms with Gasteiger partial charge in [0.2, 0.25) is 11.8 Å². The molecule has 32 heavy (non-hydrogen) atoms. The van der Waals surface area contributed by atoms with E-state index in [0.717, 1.165) is 48.2 Å². The van der Waals surface area contributed by atoms with Crippen LogP contribution < -0.4 is 10.2 Å². The number of para-hydroxylation sites is 3. The first-order valence-electron chi connectivity index (χ1n) is 11.2. The number of benzene rings is 2. The molecule has 0 unspecified atom stereocenters. The fourth-order valence-electron chi connectivity index (χ4n) is 3.82. The molecule has 3 aromatic rings. The van der Waals surface area contributed by atoms with Crippen molar-refractivity contribution >= 4 is 28.5 Å². The number of carbonyl (C=O) groups excluding carboxylic acids is 2. The Balaban J connectivity index is 1.65. The first kappa shape index (κ1) is 23.5. The first-order chi connectivity index (χ1) is 15.6. The highest BCUT2D eigenvalue weighted by Crippen LogP contribution is 2.20.